The van der Waals surface area contributed by atoms with Crippen LogP contribution in [-0.4, -0.2) is 56.7 Å². The maximum absolute atomic E-state index is 12.9. The summed E-state index contributed by atoms with van der Waals surface area (Å²) in [7, 11) is 0. The average Bonchev–Trinajstić information content (AvgIpc) is 3.16. The number of benzene rings is 1. The van der Waals surface area contributed by atoms with E-state index >= 15 is 0 Å². The van der Waals surface area contributed by atoms with Crippen LogP contribution in [0.5, 0.6) is 5.75 Å². The minimum Gasteiger partial charge on any atom is -0.493 e. The van der Waals surface area contributed by atoms with Crippen LogP contribution in [0.25, 0.3) is 11.2 Å². The Balaban J connectivity index is 1.39. The Morgan fingerprint density at radius 1 is 1.33 bits per heavy atom. The molecule has 0 radical (unpaired) electrons. The van der Waals surface area contributed by atoms with Gasteiger partial charge in [-0.15, -0.1) is 0 Å². The van der Waals surface area contributed by atoms with Gasteiger partial charge in [-0.1, -0.05) is 15.9 Å². The number of nitrogens with zero attached hydrogens (tertiary/aromatic N) is 5. The molecule has 11 heteroatoms. The molecule has 2 aromatic heterocycles. The summed E-state index contributed by atoms with van der Waals surface area (Å²) < 4.78 is 8.79. The second-order valence-corrected chi connectivity index (χ2v) is 9.99. The zero-order valence-electron chi connectivity index (χ0n) is 18.1. The second-order valence-electron chi connectivity index (χ2n) is 9.14. The lowest BCUT2D eigenvalue weighted by atomic mass is 9.98. The van der Waals surface area contributed by atoms with Gasteiger partial charge in [0.15, 0.2) is 11.5 Å². The fraction of sp³-hybridized carbons (Fsp3) is 0.455. The smallest absolute Gasteiger partial charge is 0.242 e. The molecule has 1 atom stereocenters. The molecule has 1 unspecified atom stereocenters. The number of imidazole rings is 1. The number of hydrogen-bond acceptors (Lipinski definition) is 8. The van der Waals surface area contributed by atoms with Crippen molar-refractivity contribution in [1.82, 2.24) is 24.8 Å². The van der Waals surface area contributed by atoms with Crippen molar-refractivity contribution in [1.29, 1.82) is 0 Å². The van der Waals surface area contributed by atoms with Crippen molar-refractivity contribution in [2.24, 2.45) is 5.73 Å². The third-order valence-electron chi connectivity index (χ3n) is 6.76. The van der Waals surface area contributed by atoms with Crippen LogP contribution in [0.15, 0.2) is 23.2 Å². The van der Waals surface area contributed by atoms with Crippen LogP contribution < -0.4 is 26.4 Å². The molecule has 1 saturated carbocycles. The summed E-state index contributed by atoms with van der Waals surface area (Å²) >= 11 is 3.76. The largest absolute Gasteiger partial charge is 0.493 e. The van der Waals surface area contributed by atoms with Gasteiger partial charge in [-0.05, 0) is 25.3 Å². The first-order chi connectivity index (χ1) is 15.9. The van der Waals surface area contributed by atoms with Crippen molar-refractivity contribution in [2.75, 3.05) is 30.3 Å². The van der Waals surface area contributed by atoms with Crippen LogP contribution in [0.2, 0.25) is 0 Å². The van der Waals surface area contributed by atoms with E-state index in [1.807, 2.05) is 10.6 Å². The molecule has 4 heterocycles. The summed E-state index contributed by atoms with van der Waals surface area (Å²) in [6.07, 6.45) is 6.68. The molecular formula is C22H25BrN8O2. The Hall–Kier alpha value is -2.92. The number of hydrogen-bond donors (Lipinski definition) is 3. The van der Waals surface area contributed by atoms with Crippen molar-refractivity contribution in [3.63, 3.8) is 0 Å². The lowest BCUT2D eigenvalue weighted by Crippen LogP contribution is -2.56. The van der Waals surface area contributed by atoms with Crippen LogP contribution in [0.4, 0.5) is 11.5 Å². The quantitative estimate of drug-likeness (QED) is 0.465. The van der Waals surface area contributed by atoms with E-state index in [-0.39, 0.29) is 11.9 Å². The van der Waals surface area contributed by atoms with Crippen LogP contribution in [0, 0.1) is 0 Å². The molecule has 10 nitrogen and oxygen atoms in total. The van der Waals surface area contributed by atoms with Gasteiger partial charge in [0.2, 0.25) is 5.91 Å². The molecule has 1 amide bonds. The zero-order valence-corrected chi connectivity index (χ0v) is 19.6. The number of carbonyl (C=O) groups excluding carboxylic acids is 1. The predicted molar refractivity (Wildman–Crippen MR) is 127 cm³/mol. The Morgan fingerprint density at radius 2 is 2.18 bits per heavy atom. The van der Waals surface area contributed by atoms with E-state index in [9.17, 15) is 4.79 Å². The number of nitrogen functional groups attached to an aromatic ring is 1. The highest BCUT2D eigenvalue weighted by atomic mass is 79.9. The van der Waals surface area contributed by atoms with Crippen molar-refractivity contribution >= 4 is 44.5 Å². The Morgan fingerprint density at radius 3 is 3.00 bits per heavy atom. The van der Waals surface area contributed by atoms with Crippen LogP contribution in [0.1, 0.15) is 30.4 Å². The van der Waals surface area contributed by atoms with Gasteiger partial charge < -0.3 is 31.0 Å². The Labute approximate surface area is 198 Å². The fourth-order valence-corrected chi connectivity index (χ4v) is 5.34. The predicted octanol–water partition coefficient (Wildman–Crippen LogP) is 1.34. The normalized spacial score (nSPS) is 21.9. The molecule has 2 fully saturated rings. The summed E-state index contributed by atoms with van der Waals surface area (Å²) in [6, 6.07) is 2.31. The summed E-state index contributed by atoms with van der Waals surface area (Å²) in [5.74, 6) is 1.18. The number of amides is 1. The van der Waals surface area contributed by atoms with Gasteiger partial charge in [0, 0.05) is 46.8 Å². The maximum atomic E-state index is 12.9. The first-order valence-electron chi connectivity index (χ1n) is 11.2. The standard InChI is InChI=1S/C22H25BrN8O2/c23-15-7-16-13(3-6-33-16)18(30-5-4-22(25,9-30)21(32)29-12-1-2-12)14(15)8-31-11-28-17-19(24)26-10-27-20(17)31/h7,10-12H,1-6,8-9,25H2,(H,29,32)(H2,24,26,27). The molecule has 172 valence electrons. The molecule has 1 aromatic carbocycles. The number of ether oxygens (including phenoxy) is 1. The zero-order chi connectivity index (χ0) is 22.7. The van der Waals surface area contributed by atoms with E-state index in [4.69, 9.17) is 16.2 Å². The molecule has 1 aliphatic carbocycles. The highest BCUT2D eigenvalue weighted by Crippen LogP contribution is 2.44. The van der Waals surface area contributed by atoms with E-state index in [1.54, 1.807) is 6.33 Å². The molecule has 5 N–H and O–H groups in total. The van der Waals surface area contributed by atoms with Gasteiger partial charge in [0.25, 0.3) is 0 Å². The molecule has 1 saturated heterocycles. The Kier molecular flexibility index (Phi) is 4.73. The third kappa shape index (κ3) is 3.50. The van der Waals surface area contributed by atoms with Gasteiger partial charge in [-0.2, -0.15) is 0 Å². The number of halogens is 1. The minimum absolute atomic E-state index is 0.0512. The number of nitrogens with one attached hydrogen (secondary N) is 1. The Bertz CT molecular complexity index is 1270. The van der Waals surface area contributed by atoms with Crippen molar-refractivity contribution in [3.05, 3.63) is 34.3 Å². The highest BCUT2D eigenvalue weighted by Gasteiger charge is 2.44. The molecule has 3 aromatic rings. The van der Waals surface area contributed by atoms with Crippen molar-refractivity contribution < 1.29 is 9.53 Å². The maximum Gasteiger partial charge on any atom is 0.242 e. The minimum atomic E-state index is -0.905. The van der Waals surface area contributed by atoms with Gasteiger partial charge in [0.1, 0.15) is 23.1 Å². The lowest BCUT2D eigenvalue weighted by Gasteiger charge is -2.28. The van der Waals surface area contributed by atoms with Crippen molar-refractivity contribution in [3.8, 4) is 5.75 Å². The van der Waals surface area contributed by atoms with E-state index in [0.29, 0.717) is 49.6 Å². The topological polar surface area (TPSA) is 137 Å². The lowest BCUT2D eigenvalue weighted by molar-refractivity contribution is -0.125. The number of aromatic nitrogens is 4. The first-order valence-corrected chi connectivity index (χ1v) is 12.0. The summed E-state index contributed by atoms with van der Waals surface area (Å²) in [6.45, 7) is 2.32. The van der Waals surface area contributed by atoms with E-state index in [0.717, 1.165) is 46.3 Å². The fourth-order valence-electron chi connectivity index (χ4n) is 4.82. The van der Waals surface area contributed by atoms with E-state index in [2.05, 4.69) is 41.1 Å². The number of carbonyl (C=O) groups is 1. The molecular weight excluding hydrogens is 488 g/mol. The van der Waals surface area contributed by atoms with E-state index in [1.165, 1.54) is 6.33 Å². The number of rotatable bonds is 5. The van der Waals surface area contributed by atoms with Gasteiger partial charge in [-0.25, -0.2) is 15.0 Å². The molecule has 0 spiro atoms. The second kappa shape index (κ2) is 7.56. The third-order valence-corrected chi connectivity index (χ3v) is 7.47. The number of fused-ring (bicyclic) bond motifs is 2. The average molecular weight is 513 g/mol. The molecule has 33 heavy (non-hydrogen) atoms. The van der Waals surface area contributed by atoms with Gasteiger partial charge in [0.05, 0.1) is 19.5 Å². The number of nitrogens with two attached hydrogens (primary N) is 2. The summed E-state index contributed by atoms with van der Waals surface area (Å²) in [5.41, 5.74) is 16.3. The van der Waals surface area contributed by atoms with Crippen molar-refractivity contribution in [2.45, 2.75) is 43.8 Å². The van der Waals surface area contributed by atoms with E-state index < -0.39 is 5.54 Å². The SMILES string of the molecule is Nc1ncnc2c1ncn2Cc1c(Br)cc2c(c1N1CCC(N)(C(=O)NC3CC3)C1)CCO2. The van der Waals surface area contributed by atoms with Gasteiger partial charge in [-0.3, -0.25) is 4.79 Å². The van der Waals surface area contributed by atoms with Gasteiger partial charge >= 0.3 is 0 Å². The molecule has 2 aliphatic heterocycles. The van der Waals surface area contributed by atoms with Crippen LogP contribution >= 0.6 is 15.9 Å². The highest BCUT2D eigenvalue weighted by molar-refractivity contribution is 9.10. The molecule has 0 bridgehead atoms. The number of anilines is 2. The molecule has 6 rings (SSSR count). The molecule has 3 aliphatic rings. The summed E-state index contributed by atoms with van der Waals surface area (Å²) in [5, 5.41) is 3.09. The monoisotopic (exact) mass is 512 g/mol. The van der Waals surface area contributed by atoms with Crippen LogP contribution in [-0.2, 0) is 17.8 Å². The first kappa shape index (κ1) is 20.7. The summed E-state index contributed by atoms with van der Waals surface area (Å²) in [4.78, 5) is 28.0. The van der Waals surface area contributed by atoms with Crippen LogP contribution in [0.3, 0.4) is 0 Å².